The zero-order valence-electron chi connectivity index (χ0n) is 11.5. The fourth-order valence-electron chi connectivity index (χ4n) is 1.94. The maximum Gasteiger partial charge on any atom is 0.123 e. The second kappa shape index (κ2) is 5.74. The smallest absolute Gasteiger partial charge is 0.123 e. The Balaban J connectivity index is 2.07. The first-order chi connectivity index (χ1) is 9.06. The van der Waals surface area contributed by atoms with Crippen molar-refractivity contribution >= 4 is 11.4 Å². The minimum absolute atomic E-state index is 0.182. The molecule has 0 fully saturated rings. The Morgan fingerprint density at radius 1 is 0.947 bits per heavy atom. The van der Waals surface area contributed by atoms with Gasteiger partial charge in [0.2, 0.25) is 0 Å². The Hall–Kier alpha value is -2.03. The molecule has 0 spiro atoms. The molecule has 0 radical (unpaired) electrons. The molecule has 0 amide bonds. The van der Waals surface area contributed by atoms with E-state index in [0.29, 0.717) is 0 Å². The van der Waals surface area contributed by atoms with Crippen molar-refractivity contribution in [1.29, 1.82) is 0 Å². The van der Waals surface area contributed by atoms with E-state index in [1.165, 1.54) is 23.4 Å². The maximum absolute atomic E-state index is 12.8. The molecule has 0 aliphatic carbocycles. The van der Waals surface area contributed by atoms with Crippen molar-refractivity contribution in [3.05, 3.63) is 59.9 Å². The largest absolute Gasteiger partial charge is 0.379 e. The monoisotopic (exact) mass is 258 g/mol. The lowest BCUT2D eigenvalue weighted by molar-refractivity contribution is 0.628. The predicted octanol–water partition coefficient (Wildman–Crippen LogP) is 4.06. The van der Waals surface area contributed by atoms with Crippen molar-refractivity contribution < 1.29 is 4.39 Å². The standard InChI is InChI=1S/C16H19FN2/c1-12(18-15-8-6-14(17)7-9-15)13-4-10-16(11-5-13)19(2)3/h4-12,18H,1-3H3. The zero-order chi connectivity index (χ0) is 13.8. The number of benzene rings is 2. The molecule has 19 heavy (non-hydrogen) atoms. The van der Waals surface area contributed by atoms with Gasteiger partial charge in [0.15, 0.2) is 0 Å². The fourth-order valence-corrected chi connectivity index (χ4v) is 1.94. The van der Waals surface area contributed by atoms with Gasteiger partial charge < -0.3 is 10.2 Å². The van der Waals surface area contributed by atoms with Gasteiger partial charge in [-0.05, 0) is 48.9 Å². The molecule has 0 heterocycles. The molecular formula is C16H19FN2. The van der Waals surface area contributed by atoms with Gasteiger partial charge in [-0.1, -0.05) is 12.1 Å². The van der Waals surface area contributed by atoms with Crippen LogP contribution in [-0.4, -0.2) is 14.1 Å². The lowest BCUT2D eigenvalue weighted by Crippen LogP contribution is -2.10. The molecule has 2 rings (SSSR count). The van der Waals surface area contributed by atoms with Crippen LogP contribution < -0.4 is 10.2 Å². The van der Waals surface area contributed by atoms with Crippen LogP contribution in [0.4, 0.5) is 15.8 Å². The highest BCUT2D eigenvalue weighted by molar-refractivity contribution is 5.49. The van der Waals surface area contributed by atoms with Gasteiger partial charge in [-0.15, -0.1) is 0 Å². The average molecular weight is 258 g/mol. The van der Waals surface area contributed by atoms with E-state index in [2.05, 4.69) is 41.4 Å². The van der Waals surface area contributed by atoms with Crippen molar-refractivity contribution in [2.45, 2.75) is 13.0 Å². The Morgan fingerprint density at radius 2 is 1.53 bits per heavy atom. The number of hydrogen-bond donors (Lipinski definition) is 1. The number of nitrogens with one attached hydrogen (secondary N) is 1. The van der Waals surface area contributed by atoms with Crippen LogP contribution in [0.2, 0.25) is 0 Å². The Morgan fingerprint density at radius 3 is 2.05 bits per heavy atom. The van der Waals surface area contributed by atoms with Gasteiger partial charge in [0.25, 0.3) is 0 Å². The summed E-state index contributed by atoms with van der Waals surface area (Å²) in [6.07, 6.45) is 0. The second-order valence-electron chi connectivity index (χ2n) is 4.86. The highest BCUT2D eigenvalue weighted by atomic mass is 19.1. The summed E-state index contributed by atoms with van der Waals surface area (Å²) in [6, 6.07) is 15.0. The Kier molecular flexibility index (Phi) is 4.05. The zero-order valence-corrected chi connectivity index (χ0v) is 11.5. The van der Waals surface area contributed by atoms with Gasteiger partial charge in [0.1, 0.15) is 5.82 Å². The molecule has 1 unspecified atom stereocenters. The van der Waals surface area contributed by atoms with Gasteiger partial charge in [-0.2, -0.15) is 0 Å². The van der Waals surface area contributed by atoms with Crippen LogP contribution in [0.3, 0.4) is 0 Å². The van der Waals surface area contributed by atoms with E-state index in [1.54, 1.807) is 12.1 Å². The minimum Gasteiger partial charge on any atom is -0.379 e. The number of anilines is 2. The summed E-state index contributed by atoms with van der Waals surface area (Å²) in [4.78, 5) is 2.07. The summed E-state index contributed by atoms with van der Waals surface area (Å²) in [6.45, 7) is 2.09. The number of rotatable bonds is 4. The summed E-state index contributed by atoms with van der Waals surface area (Å²) >= 11 is 0. The first-order valence-corrected chi connectivity index (χ1v) is 6.35. The molecule has 2 aromatic carbocycles. The molecule has 1 N–H and O–H groups in total. The number of nitrogens with zero attached hydrogens (tertiary/aromatic N) is 1. The van der Waals surface area contributed by atoms with Gasteiger partial charge in [-0.25, -0.2) is 4.39 Å². The normalized spacial score (nSPS) is 12.0. The highest BCUT2D eigenvalue weighted by Crippen LogP contribution is 2.21. The quantitative estimate of drug-likeness (QED) is 0.889. The lowest BCUT2D eigenvalue weighted by Gasteiger charge is -2.18. The third-order valence-corrected chi connectivity index (χ3v) is 3.14. The van der Waals surface area contributed by atoms with Gasteiger partial charge in [-0.3, -0.25) is 0 Å². The minimum atomic E-state index is -0.214. The molecule has 100 valence electrons. The summed E-state index contributed by atoms with van der Waals surface area (Å²) in [7, 11) is 4.05. The lowest BCUT2D eigenvalue weighted by atomic mass is 10.1. The summed E-state index contributed by atoms with van der Waals surface area (Å²) in [5.74, 6) is -0.214. The van der Waals surface area contributed by atoms with Crippen LogP contribution in [0.5, 0.6) is 0 Å². The van der Waals surface area contributed by atoms with Crippen LogP contribution in [0, 0.1) is 5.82 Å². The topological polar surface area (TPSA) is 15.3 Å². The Labute approximate surface area is 113 Å². The van der Waals surface area contributed by atoms with Crippen molar-refractivity contribution in [1.82, 2.24) is 0 Å². The second-order valence-corrected chi connectivity index (χ2v) is 4.86. The molecule has 0 aromatic heterocycles. The van der Waals surface area contributed by atoms with Crippen LogP contribution in [-0.2, 0) is 0 Å². The molecule has 1 atom stereocenters. The summed E-state index contributed by atoms with van der Waals surface area (Å²) < 4.78 is 12.8. The van der Waals surface area contributed by atoms with Gasteiger partial charge in [0.05, 0.1) is 0 Å². The van der Waals surface area contributed by atoms with E-state index < -0.39 is 0 Å². The van der Waals surface area contributed by atoms with Crippen LogP contribution in [0.15, 0.2) is 48.5 Å². The van der Waals surface area contributed by atoms with E-state index in [4.69, 9.17) is 0 Å². The van der Waals surface area contributed by atoms with E-state index in [0.717, 1.165) is 5.69 Å². The van der Waals surface area contributed by atoms with Crippen molar-refractivity contribution in [3.8, 4) is 0 Å². The van der Waals surface area contributed by atoms with E-state index in [1.807, 2.05) is 14.1 Å². The summed E-state index contributed by atoms with van der Waals surface area (Å²) in [5.41, 5.74) is 3.30. The molecule has 0 aliphatic rings. The first-order valence-electron chi connectivity index (χ1n) is 6.35. The molecule has 2 aromatic rings. The highest BCUT2D eigenvalue weighted by Gasteiger charge is 2.05. The molecule has 0 saturated carbocycles. The van der Waals surface area contributed by atoms with Crippen molar-refractivity contribution in [3.63, 3.8) is 0 Å². The van der Waals surface area contributed by atoms with Crippen molar-refractivity contribution in [2.75, 3.05) is 24.3 Å². The molecule has 0 bridgehead atoms. The molecule has 3 heteroatoms. The molecular weight excluding hydrogens is 239 g/mol. The maximum atomic E-state index is 12.8. The molecule has 0 saturated heterocycles. The van der Waals surface area contributed by atoms with E-state index in [-0.39, 0.29) is 11.9 Å². The first kappa shape index (κ1) is 13.4. The van der Waals surface area contributed by atoms with Crippen LogP contribution in [0.1, 0.15) is 18.5 Å². The van der Waals surface area contributed by atoms with Crippen LogP contribution in [0.25, 0.3) is 0 Å². The molecule has 2 nitrogen and oxygen atoms in total. The SMILES string of the molecule is CC(Nc1ccc(F)cc1)c1ccc(N(C)C)cc1. The predicted molar refractivity (Wildman–Crippen MR) is 79.2 cm³/mol. The van der Waals surface area contributed by atoms with Crippen LogP contribution >= 0.6 is 0 Å². The van der Waals surface area contributed by atoms with E-state index in [9.17, 15) is 4.39 Å². The van der Waals surface area contributed by atoms with Gasteiger partial charge >= 0.3 is 0 Å². The van der Waals surface area contributed by atoms with Crippen molar-refractivity contribution in [2.24, 2.45) is 0 Å². The van der Waals surface area contributed by atoms with E-state index >= 15 is 0 Å². The number of hydrogen-bond acceptors (Lipinski definition) is 2. The number of halogens is 1. The third-order valence-electron chi connectivity index (χ3n) is 3.14. The third kappa shape index (κ3) is 3.47. The average Bonchev–Trinajstić information content (AvgIpc) is 2.41. The van der Waals surface area contributed by atoms with Gasteiger partial charge in [0, 0.05) is 31.5 Å². The molecule has 0 aliphatic heterocycles. The fraction of sp³-hybridized carbons (Fsp3) is 0.250. The summed E-state index contributed by atoms with van der Waals surface area (Å²) in [5, 5.41) is 3.35. The Bertz CT molecular complexity index is 517.